The summed E-state index contributed by atoms with van der Waals surface area (Å²) in [5.41, 5.74) is 1.71. The average molecular weight is 490 g/mol. The summed E-state index contributed by atoms with van der Waals surface area (Å²) < 4.78 is 7.27. The summed E-state index contributed by atoms with van der Waals surface area (Å²) in [6.07, 6.45) is -1.73. The van der Waals surface area contributed by atoms with E-state index in [0.29, 0.717) is 23.5 Å². The van der Waals surface area contributed by atoms with E-state index in [1.165, 1.54) is 17.2 Å². The number of carbonyl (C=O) groups excluding carboxylic acids is 1. The van der Waals surface area contributed by atoms with Crippen LogP contribution in [0, 0.1) is 0 Å². The standard InChI is InChI=1S/C20H22N6O7S/c27-11-3-1-10(2-4-11)5-21-17-14-18(24-8-23-17)26(9-25-14)19-16(31)15(30)12(33-19)7-34-20(32)22-6-13(28)29/h1-4,8-9,12,15-16,19,27,30-31H,5-7H2,(H,22,32)(H,28,29)(H,21,23,24)/t12-,15?,16?,19-/m1/s1. The Hall–Kier alpha value is -3.46. The number of nitrogens with one attached hydrogen (secondary N) is 2. The second-order valence-electron chi connectivity index (χ2n) is 7.46. The fraction of sp³-hybridized carbons (Fsp3) is 0.350. The van der Waals surface area contributed by atoms with Crippen molar-refractivity contribution in [1.29, 1.82) is 0 Å². The number of carboxylic acid groups (broad SMARTS) is 1. The lowest BCUT2D eigenvalue weighted by atomic mass is 10.1. The predicted molar refractivity (Wildman–Crippen MR) is 120 cm³/mol. The second-order valence-corrected chi connectivity index (χ2v) is 8.45. The SMILES string of the molecule is O=C(O)CNC(=O)SC[C@H]1O[C@@H](n2cnc3c(NCc4ccc(O)cc4)ncnc32)C(O)C1O. The van der Waals surface area contributed by atoms with E-state index in [9.17, 15) is 24.9 Å². The second kappa shape index (κ2) is 10.2. The minimum atomic E-state index is -1.31. The summed E-state index contributed by atoms with van der Waals surface area (Å²) in [6.45, 7) is -0.0984. The first-order chi connectivity index (χ1) is 16.3. The zero-order valence-corrected chi connectivity index (χ0v) is 18.4. The maximum absolute atomic E-state index is 11.7. The molecule has 34 heavy (non-hydrogen) atoms. The number of aromatic nitrogens is 4. The molecule has 4 rings (SSSR count). The van der Waals surface area contributed by atoms with Gasteiger partial charge in [0.25, 0.3) is 5.24 Å². The van der Waals surface area contributed by atoms with Crippen molar-refractivity contribution < 1.29 is 34.8 Å². The number of imidazole rings is 1. The molecule has 14 heteroatoms. The van der Waals surface area contributed by atoms with Crippen molar-refractivity contribution in [1.82, 2.24) is 24.8 Å². The summed E-state index contributed by atoms with van der Waals surface area (Å²) in [6, 6.07) is 6.69. The van der Waals surface area contributed by atoms with E-state index in [-0.39, 0.29) is 11.5 Å². The van der Waals surface area contributed by atoms with Gasteiger partial charge in [-0.25, -0.2) is 15.0 Å². The highest BCUT2D eigenvalue weighted by atomic mass is 32.2. The molecule has 0 radical (unpaired) electrons. The van der Waals surface area contributed by atoms with Crippen molar-refractivity contribution in [3.05, 3.63) is 42.5 Å². The summed E-state index contributed by atoms with van der Waals surface area (Å²) in [4.78, 5) is 35.0. The Morgan fingerprint density at radius 3 is 2.62 bits per heavy atom. The van der Waals surface area contributed by atoms with Gasteiger partial charge in [0.15, 0.2) is 23.2 Å². The lowest BCUT2D eigenvalue weighted by Crippen LogP contribution is -2.33. The molecule has 1 saturated heterocycles. The Morgan fingerprint density at radius 1 is 1.12 bits per heavy atom. The molecule has 1 aromatic carbocycles. The van der Waals surface area contributed by atoms with Gasteiger partial charge in [-0.3, -0.25) is 14.2 Å². The molecule has 0 saturated carbocycles. The van der Waals surface area contributed by atoms with Crippen molar-refractivity contribution in [2.24, 2.45) is 0 Å². The van der Waals surface area contributed by atoms with Gasteiger partial charge in [-0.15, -0.1) is 0 Å². The van der Waals surface area contributed by atoms with Gasteiger partial charge >= 0.3 is 5.97 Å². The minimum absolute atomic E-state index is 0.00122. The fourth-order valence-corrected chi connectivity index (χ4v) is 4.19. The van der Waals surface area contributed by atoms with Crippen LogP contribution in [0.25, 0.3) is 11.2 Å². The third kappa shape index (κ3) is 5.20. The molecule has 3 heterocycles. The Bertz CT molecular complexity index is 1170. The maximum atomic E-state index is 11.7. The van der Waals surface area contributed by atoms with Crippen LogP contribution in [-0.4, -0.2) is 81.8 Å². The molecule has 1 aliphatic heterocycles. The monoisotopic (exact) mass is 490 g/mol. The topological polar surface area (TPSA) is 192 Å². The number of fused-ring (bicyclic) bond motifs is 1. The molecule has 1 amide bonds. The Kier molecular flexibility index (Phi) is 7.12. The van der Waals surface area contributed by atoms with Crippen LogP contribution in [0.15, 0.2) is 36.9 Å². The molecule has 13 nitrogen and oxygen atoms in total. The minimum Gasteiger partial charge on any atom is -0.508 e. The van der Waals surface area contributed by atoms with E-state index in [0.717, 1.165) is 17.3 Å². The number of amides is 1. The molecule has 180 valence electrons. The van der Waals surface area contributed by atoms with Crippen molar-refractivity contribution in [3.8, 4) is 5.75 Å². The summed E-state index contributed by atoms with van der Waals surface area (Å²) in [5.74, 6) is -0.553. The number of hydrogen-bond acceptors (Lipinski definition) is 11. The van der Waals surface area contributed by atoms with E-state index >= 15 is 0 Å². The largest absolute Gasteiger partial charge is 0.508 e. The smallest absolute Gasteiger partial charge is 0.323 e. The van der Waals surface area contributed by atoms with E-state index < -0.39 is 42.3 Å². The number of anilines is 1. The zero-order valence-electron chi connectivity index (χ0n) is 17.6. The molecule has 2 unspecified atom stereocenters. The van der Waals surface area contributed by atoms with E-state index in [1.54, 1.807) is 24.3 Å². The lowest BCUT2D eigenvalue weighted by molar-refractivity contribution is -0.135. The Balaban J connectivity index is 1.44. The summed E-state index contributed by atoms with van der Waals surface area (Å²) in [7, 11) is 0. The van der Waals surface area contributed by atoms with Gasteiger partial charge in [0, 0.05) is 12.3 Å². The molecular formula is C20H22N6O7S. The first kappa shape index (κ1) is 23.7. The summed E-state index contributed by atoms with van der Waals surface area (Å²) in [5, 5.41) is 43.8. The van der Waals surface area contributed by atoms with Gasteiger partial charge in [0.1, 0.15) is 30.8 Å². The number of rotatable bonds is 8. The first-order valence-corrected chi connectivity index (χ1v) is 11.2. The molecule has 6 N–H and O–H groups in total. The number of aromatic hydroxyl groups is 1. The molecule has 0 aliphatic carbocycles. The van der Waals surface area contributed by atoms with Gasteiger partial charge in [-0.2, -0.15) is 0 Å². The van der Waals surface area contributed by atoms with Gasteiger partial charge in [0.05, 0.1) is 12.4 Å². The number of carbonyl (C=O) groups is 2. The van der Waals surface area contributed by atoms with Crippen molar-refractivity contribution in [2.45, 2.75) is 31.1 Å². The zero-order chi connectivity index (χ0) is 24.2. The highest BCUT2D eigenvalue weighted by molar-refractivity contribution is 8.13. The number of phenolic OH excluding ortho intramolecular Hbond substituents is 1. The molecular weight excluding hydrogens is 468 g/mol. The van der Waals surface area contributed by atoms with Crippen molar-refractivity contribution >= 4 is 40.0 Å². The normalized spacial score (nSPS) is 22.1. The third-order valence-electron chi connectivity index (χ3n) is 5.13. The van der Waals surface area contributed by atoms with E-state index in [1.807, 2.05) is 0 Å². The molecule has 0 bridgehead atoms. The van der Waals surface area contributed by atoms with Crippen LogP contribution in [0.5, 0.6) is 5.75 Å². The van der Waals surface area contributed by atoms with Crippen LogP contribution >= 0.6 is 11.8 Å². The van der Waals surface area contributed by atoms with E-state index in [4.69, 9.17) is 9.84 Å². The number of carboxylic acids is 1. The fourth-order valence-electron chi connectivity index (χ4n) is 3.42. The molecule has 2 aromatic heterocycles. The third-order valence-corrected chi connectivity index (χ3v) is 6.03. The van der Waals surface area contributed by atoms with Crippen LogP contribution in [-0.2, 0) is 16.1 Å². The van der Waals surface area contributed by atoms with Crippen LogP contribution in [0.3, 0.4) is 0 Å². The van der Waals surface area contributed by atoms with Gasteiger partial charge in [-0.1, -0.05) is 23.9 Å². The van der Waals surface area contributed by atoms with Crippen LogP contribution in [0.1, 0.15) is 11.8 Å². The number of benzene rings is 1. The number of aliphatic hydroxyl groups is 2. The average Bonchev–Trinajstić information content (AvgIpc) is 3.37. The number of ether oxygens (including phenoxy) is 1. The van der Waals surface area contributed by atoms with Crippen LogP contribution in [0.4, 0.5) is 10.6 Å². The Morgan fingerprint density at radius 2 is 1.88 bits per heavy atom. The highest BCUT2D eigenvalue weighted by Gasteiger charge is 2.44. The van der Waals surface area contributed by atoms with Crippen LogP contribution < -0.4 is 10.6 Å². The van der Waals surface area contributed by atoms with Gasteiger partial charge < -0.3 is 35.8 Å². The maximum Gasteiger partial charge on any atom is 0.323 e. The molecule has 1 aliphatic rings. The number of phenols is 1. The quantitative estimate of drug-likeness (QED) is 0.253. The molecule has 1 fully saturated rings. The number of hydrogen-bond donors (Lipinski definition) is 6. The summed E-state index contributed by atoms with van der Waals surface area (Å²) >= 11 is 0.747. The Labute approximate surface area is 196 Å². The molecule has 0 spiro atoms. The number of thioether (sulfide) groups is 1. The van der Waals surface area contributed by atoms with Gasteiger partial charge in [-0.05, 0) is 17.7 Å². The highest BCUT2D eigenvalue weighted by Crippen LogP contribution is 2.33. The van der Waals surface area contributed by atoms with E-state index in [2.05, 4.69) is 25.6 Å². The molecule has 4 atom stereocenters. The number of aliphatic hydroxyl groups excluding tert-OH is 2. The van der Waals surface area contributed by atoms with Crippen molar-refractivity contribution in [3.63, 3.8) is 0 Å². The predicted octanol–water partition coefficient (Wildman–Crippen LogP) is 0.291. The molecule has 3 aromatic rings. The van der Waals surface area contributed by atoms with Gasteiger partial charge in [0.2, 0.25) is 0 Å². The number of nitrogens with zero attached hydrogens (tertiary/aromatic N) is 4. The first-order valence-electron chi connectivity index (χ1n) is 10.2. The van der Waals surface area contributed by atoms with Crippen molar-refractivity contribution in [2.75, 3.05) is 17.6 Å². The lowest BCUT2D eigenvalue weighted by Gasteiger charge is -2.16. The number of aliphatic carboxylic acids is 1. The van der Waals surface area contributed by atoms with Crippen LogP contribution in [0.2, 0.25) is 0 Å².